The number of benzene rings is 3. The van der Waals surface area contributed by atoms with E-state index in [2.05, 4.69) is 9.71 Å². The van der Waals surface area contributed by atoms with E-state index in [4.69, 9.17) is 9.72 Å². The number of carbonyl (C=O) groups is 1. The summed E-state index contributed by atoms with van der Waals surface area (Å²) in [6, 6.07) is 24.1. The molecular formula is C29H21N3O4S2. The van der Waals surface area contributed by atoms with Gasteiger partial charge in [0.1, 0.15) is 5.65 Å². The molecular weight excluding hydrogens is 518 g/mol. The third-order valence-electron chi connectivity index (χ3n) is 6.34. The summed E-state index contributed by atoms with van der Waals surface area (Å²) >= 11 is 1.32. The molecule has 0 atom stereocenters. The fraction of sp³-hybridized carbons (Fsp3) is 0.0345. The lowest BCUT2D eigenvalue weighted by atomic mass is 9.92. The molecule has 0 amide bonds. The molecule has 0 unspecified atom stereocenters. The van der Waals surface area contributed by atoms with E-state index in [9.17, 15) is 13.2 Å². The number of ether oxygens (including phenoxy) is 1. The monoisotopic (exact) mass is 539 g/mol. The number of esters is 1. The Kier molecular flexibility index (Phi) is 5.94. The Morgan fingerprint density at radius 2 is 1.79 bits per heavy atom. The van der Waals surface area contributed by atoms with Gasteiger partial charge in [-0.05, 0) is 52.9 Å². The van der Waals surface area contributed by atoms with Gasteiger partial charge in [0, 0.05) is 44.7 Å². The minimum Gasteiger partial charge on any atom is -0.465 e. The predicted octanol–water partition coefficient (Wildman–Crippen LogP) is 6.70. The Bertz CT molecular complexity index is 1910. The number of aromatic nitrogens is 2. The number of methoxy groups -OCH3 is 1. The number of anilines is 1. The minimum absolute atomic E-state index is 0.223. The van der Waals surface area contributed by atoms with Gasteiger partial charge in [-0.25, -0.2) is 18.2 Å². The van der Waals surface area contributed by atoms with Crippen molar-refractivity contribution in [3.63, 3.8) is 0 Å². The highest BCUT2D eigenvalue weighted by molar-refractivity contribution is 7.92. The molecule has 0 fully saturated rings. The van der Waals surface area contributed by atoms with E-state index in [-0.39, 0.29) is 4.90 Å². The van der Waals surface area contributed by atoms with Crippen molar-refractivity contribution in [1.82, 2.24) is 9.97 Å². The number of sulfonamides is 1. The Morgan fingerprint density at radius 1 is 0.974 bits per heavy atom. The largest absolute Gasteiger partial charge is 0.465 e. The molecule has 0 saturated carbocycles. The Balaban J connectivity index is 1.59. The third-order valence-corrected chi connectivity index (χ3v) is 8.55. The standard InChI is InChI=1S/C29H21N3O4S2/c1-36-29(33)20-9-5-8-19(14-20)24-16-30-28-27(26(24)18-6-3-2-4-7-18)23-15-21(10-11-25(23)31-28)32-38(34,35)22-12-13-37-17-22/h2-17,32H,1H3,(H,30,31). The first-order valence-electron chi connectivity index (χ1n) is 11.7. The maximum atomic E-state index is 12.9. The van der Waals surface area contributed by atoms with Crippen LogP contribution in [0.5, 0.6) is 0 Å². The number of thiophene rings is 1. The molecule has 2 N–H and O–H groups in total. The molecule has 0 spiro atoms. The molecule has 7 nitrogen and oxygen atoms in total. The van der Waals surface area contributed by atoms with E-state index in [1.165, 1.54) is 18.4 Å². The summed E-state index contributed by atoms with van der Waals surface area (Å²) in [7, 11) is -2.36. The van der Waals surface area contributed by atoms with Gasteiger partial charge in [-0.3, -0.25) is 4.72 Å². The smallest absolute Gasteiger partial charge is 0.337 e. The average molecular weight is 540 g/mol. The number of hydrogen-bond donors (Lipinski definition) is 2. The van der Waals surface area contributed by atoms with Crippen LogP contribution >= 0.6 is 11.3 Å². The van der Waals surface area contributed by atoms with Gasteiger partial charge in [-0.15, -0.1) is 0 Å². The molecule has 0 aliphatic rings. The van der Waals surface area contributed by atoms with Crippen LogP contribution in [0.15, 0.2) is 101 Å². The van der Waals surface area contributed by atoms with Gasteiger partial charge < -0.3 is 9.72 Å². The lowest BCUT2D eigenvalue weighted by Crippen LogP contribution is -2.11. The number of nitrogens with one attached hydrogen (secondary N) is 2. The Hall–Kier alpha value is -4.47. The SMILES string of the molecule is COC(=O)c1cccc(-c2cnc3[nH]c4ccc(NS(=O)(=O)c5ccsc5)cc4c3c2-c2ccccc2)c1. The van der Waals surface area contributed by atoms with Gasteiger partial charge in [0.2, 0.25) is 0 Å². The molecule has 0 bridgehead atoms. The van der Waals surface area contributed by atoms with Crippen molar-refractivity contribution >= 4 is 55.0 Å². The first-order valence-corrected chi connectivity index (χ1v) is 14.1. The number of rotatable bonds is 6. The second-order valence-electron chi connectivity index (χ2n) is 8.66. The zero-order valence-electron chi connectivity index (χ0n) is 20.1. The lowest BCUT2D eigenvalue weighted by Gasteiger charge is -2.13. The first kappa shape index (κ1) is 23.9. The lowest BCUT2D eigenvalue weighted by molar-refractivity contribution is 0.0600. The Morgan fingerprint density at radius 3 is 2.55 bits per heavy atom. The van der Waals surface area contributed by atoms with Crippen LogP contribution in [0.3, 0.4) is 0 Å². The second-order valence-corrected chi connectivity index (χ2v) is 11.1. The number of H-pyrrole nitrogens is 1. The maximum absolute atomic E-state index is 12.9. The molecule has 6 rings (SSSR count). The normalized spacial score (nSPS) is 11.6. The number of carbonyl (C=O) groups excluding carboxylic acids is 1. The third kappa shape index (κ3) is 4.21. The zero-order valence-corrected chi connectivity index (χ0v) is 21.8. The van der Waals surface area contributed by atoms with E-state index in [1.54, 1.807) is 41.2 Å². The summed E-state index contributed by atoms with van der Waals surface area (Å²) in [5.41, 5.74) is 5.90. The van der Waals surface area contributed by atoms with Crippen molar-refractivity contribution in [2.75, 3.05) is 11.8 Å². The summed E-state index contributed by atoms with van der Waals surface area (Å²) in [4.78, 5) is 20.5. The average Bonchev–Trinajstić information content (AvgIpc) is 3.61. The number of pyridine rings is 1. The van der Waals surface area contributed by atoms with E-state index in [1.807, 2.05) is 54.6 Å². The highest BCUT2D eigenvalue weighted by Gasteiger charge is 2.20. The van der Waals surface area contributed by atoms with Crippen LogP contribution in [0.4, 0.5) is 5.69 Å². The highest BCUT2D eigenvalue weighted by atomic mass is 32.2. The van der Waals surface area contributed by atoms with Crippen molar-refractivity contribution in [1.29, 1.82) is 0 Å². The summed E-state index contributed by atoms with van der Waals surface area (Å²) in [6.07, 6.45) is 1.79. The summed E-state index contributed by atoms with van der Waals surface area (Å²) in [6.45, 7) is 0. The summed E-state index contributed by atoms with van der Waals surface area (Å²) < 4.78 is 33.4. The van der Waals surface area contributed by atoms with Crippen LogP contribution in [0.1, 0.15) is 10.4 Å². The predicted molar refractivity (Wildman–Crippen MR) is 151 cm³/mol. The van der Waals surface area contributed by atoms with Crippen molar-refractivity contribution in [3.8, 4) is 22.3 Å². The fourth-order valence-electron chi connectivity index (χ4n) is 4.59. The molecule has 3 heterocycles. The van der Waals surface area contributed by atoms with Gasteiger partial charge >= 0.3 is 5.97 Å². The van der Waals surface area contributed by atoms with E-state index in [0.717, 1.165) is 38.5 Å². The van der Waals surface area contributed by atoms with Gasteiger partial charge in [-0.1, -0.05) is 42.5 Å². The number of nitrogens with zero attached hydrogens (tertiary/aromatic N) is 1. The molecule has 0 aliphatic heterocycles. The minimum atomic E-state index is -3.71. The maximum Gasteiger partial charge on any atom is 0.337 e. The molecule has 9 heteroatoms. The fourth-order valence-corrected chi connectivity index (χ4v) is 6.67. The molecule has 3 aromatic carbocycles. The number of hydrogen-bond acceptors (Lipinski definition) is 6. The zero-order chi connectivity index (χ0) is 26.3. The van der Waals surface area contributed by atoms with Crippen LogP contribution in [0, 0.1) is 0 Å². The Labute approximate surface area is 222 Å². The highest BCUT2D eigenvalue weighted by Crippen LogP contribution is 2.41. The topological polar surface area (TPSA) is 101 Å². The van der Waals surface area contributed by atoms with Crippen molar-refractivity contribution in [2.45, 2.75) is 4.90 Å². The van der Waals surface area contributed by atoms with Gasteiger partial charge in [-0.2, -0.15) is 11.3 Å². The number of fused-ring (bicyclic) bond motifs is 3. The van der Waals surface area contributed by atoms with Crippen molar-refractivity contribution in [3.05, 3.63) is 101 Å². The summed E-state index contributed by atoms with van der Waals surface area (Å²) in [5.74, 6) is -0.420. The van der Waals surface area contributed by atoms with Gasteiger partial charge in [0.25, 0.3) is 10.0 Å². The molecule has 38 heavy (non-hydrogen) atoms. The molecule has 0 radical (unpaired) electrons. The molecule has 6 aromatic rings. The van der Waals surface area contributed by atoms with Crippen LogP contribution < -0.4 is 4.72 Å². The van der Waals surface area contributed by atoms with Crippen LogP contribution in [-0.2, 0) is 14.8 Å². The number of aromatic amines is 1. The summed E-state index contributed by atoms with van der Waals surface area (Å²) in [5, 5.41) is 5.00. The van der Waals surface area contributed by atoms with Crippen molar-refractivity contribution < 1.29 is 17.9 Å². The van der Waals surface area contributed by atoms with Crippen LogP contribution in [0.25, 0.3) is 44.2 Å². The van der Waals surface area contributed by atoms with Crippen LogP contribution in [0.2, 0.25) is 0 Å². The van der Waals surface area contributed by atoms with E-state index < -0.39 is 16.0 Å². The molecule has 0 aliphatic carbocycles. The first-order chi connectivity index (χ1) is 18.4. The second kappa shape index (κ2) is 9.44. The quantitative estimate of drug-likeness (QED) is 0.229. The van der Waals surface area contributed by atoms with Gasteiger partial charge in [0.05, 0.1) is 17.6 Å². The molecule has 0 saturated heterocycles. The molecule has 3 aromatic heterocycles. The molecule has 188 valence electrons. The van der Waals surface area contributed by atoms with E-state index >= 15 is 0 Å². The van der Waals surface area contributed by atoms with Crippen LogP contribution in [-0.4, -0.2) is 31.5 Å². The van der Waals surface area contributed by atoms with Gasteiger partial charge in [0.15, 0.2) is 0 Å². The van der Waals surface area contributed by atoms with E-state index in [0.29, 0.717) is 16.9 Å². The van der Waals surface area contributed by atoms with Crippen molar-refractivity contribution in [2.24, 2.45) is 0 Å².